The minimum Gasteiger partial charge on any atom is -0.491 e. The lowest BCUT2D eigenvalue weighted by atomic mass is 9.96. The molecule has 1 saturated heterocycles. The molecule has 1 unspecified atom stereocenters. The van der Waals surface area contributed by atoms with Gasteiger partial charge in [0, 0.05) is 44.3 Å². The van der Waals surface area contributed by atoms with Gasteiger partial charge in [0.25, 0.3) is 5.91 Å². The maximum atomic E-state index is 12.8. The van der Waals surface area contributed by atoms with Gasteiger partial charge in [-0.15, -0.1) is 0 Å². The third-order valence-electron chi connectivity index (χ3n) is 6.84. The molecule has 198 valence electrons. The second-order valence-corrected chi connectivity index (χ2v) is 9.71. The minimum absolute atomic E-state index is 0.125. The fourth-order valence-electron chi connectivity index (χ4n) is 4.58. The van der Waals surface area contributed by atoms with Crippen LogP contribution in [0.15, 0.2) is 36.4 Å². The maximum Gasteiger partial charge on any atom is 0.416 e. The molecule has 9 heteroatoms. The molecule has 1 fully saturated rings. The molecule has 0 radical (unpaired) electrons. The van der Waals surface area contributed by atoms with Gasteiger partial charge in [-0.2, -0.15) is 13.2 Å². The van der Waals surface area contributed by atoms with Gasteiger partial charge in [-0.25, -0.2) is 0 Å². The predicted octanol–water partition coefficient (Wildman–Crippen LogP) is 4.14. The SMILES string of the molecule is Cc1c(OC[C@H](O)CN(C)C)ccc(C(C)N2CCN(C(=O)c3ccc(C(F)(F)F)cc3)CC2)c1C. The Labute approximate surface area is 211 Å². The third kappa shape index (κ3) is 6.78. The summed E-state index contributed by atoms with van der Waals surface area (Å²) in [5.74, 6) is 0.509. The van der Waals surface area contributed by atoms with Gasteiger partial charge in [0.05, 0.1) is 5.56 Å². The predicted molar refractivity (Wildman–Crippen MR) is 133 cm³/mol. The largest absolute Gasteiger partial charge is 0.491 e. The zero-order valence-corrected chi connectivity index (χ0v) is 21.6. The molecule has 2 aromatic rings. The van der Waals surface area contributed by atoms with Gasteiger partial charge >= 0.3 is 6.18 Å². The number of halogens is 3. The van der Waals surface area contributed by atoms with Crippen molar-refractivity contribution in [3.8, 4) is 5.75 Å². The molecule has 2 aromatic carbocycles. The summed E-state index contributed by atoms with van der Waals surface area (Å²) in [5.41, 5.74) is 2.85. The van der Waals surface area contributed by atoms with Crippen LogP contribution in [0.25, 0.3) is 0 Å². The van der Waals surface area contributed by atoms with Crippen molar-refractivity contribution in [3.05, 3.63) is 64.2 Å². The van der Waals surface area contributed by atoms with Crippen LogP contribution in [-0.4, -0.2) is 85.2 Å². The number of hydrogen-bond acceptors (Lipinski definition) is 5. The van der Waals surface area contributed by atoms with Crippen LogP contribution in [0.5, 0.6) is 5.75 Å². The van der Waals surface area contributed by atoms with Gasteiger partial charge in [-0.1, -0.05) is 6.07 Å². The number of nitrogens with zero attached hydrogens (tertiary/aromatic N) is 3. The van der Waals surface area contributed by atoms with Crippen LogP contribution in [0.3, 0.4) is 0 Å². The number of benzene rings is 2. The van der Waals surface area contributed by atoms with Gasteiger partial charge in [-0.05, 0) is 81.9 Å². The number of carbonyl (C=O) groups excluding carboxylic acids is 1. The lowest BCUT2D eigenvalue weighted by Gasteiger charge is -2.39. The molecule has 1 N–H and O–H groups in total. The number of piperazine rings is 1. The molecular weight excluding hydrogens is 471 g/mol. The average Bonchev–Trinajstić information content (AvgIpc) is 2.83. The molecule has 0 aliphatic carbocycles. The summed E-state index contributed by atoms with van der Waals surface area (Å²) in [4.78, 5) is 18.7. The molecule has 1 amide bonds. The second kappa shape index (κ2) is 11.6. The number of rotatable bonds is 8. The van der Waals surface area contributed by atoms with E-state index in [1.807, 2.05) is 32.0 Å². The summed E-state index contributed by atoms with van der Waals surface area (Å²) in [6, 6.07) is 8.52. The van der Waals surface area contributed by atoms with Crippen LogP contribution in [0.2, 0.25) is 0 Å². The van der Waals surface area contributed by atoms with Gasteiger partial charge in [0.2, 0.25) is 0 Å². The Morgan fingerprint density at radius 3 is 2.19 bits per heavy atom. The zero-order chi connectivity index (χ0) is 26.6. The zero-order valence-electron chi connectivity index (χ0n) is 21.6. The average molecular weight is 508 g/mol. The molecule has 6 nitrogen and oxygen atoms in total. The van der Waals surface area contributed by atoms with E-state index in [2.05, 4.69) is 24.8 Å². The highest BCUT2D eigenvalue weighted by Gasteiger charge is 2.31. The van der Waals surface area contributed by atoms with E-state index in [1.54, 1.807) is 4.90 Å². The highest BCUT2D eigenvalue weighted by molar-refractivity contribution is 5.94. The van der Waals surface area contributed by atoms with Crippen LogP contribution >= 0.6 is 0 Å². The van der Waals surface area contributed by atoms with Crippen LogP contribution in [0.4, 0.5) is 13.2 Å². The number of aliphatic hydroxyl groups excluding tert-OH is 1. The summed E-state index contributed by atoms with van der Waals surface area (Å²) in [7, 11) is 3.80. The molecule has 0 bridgehead atoms. The van der Waals surface area contributed by atoms with Gasteiger partial charge in [0.15, 0.2) is 0 Å². The number of likely N-dealkylation sites (N-methyl/N-ethyl adjacent to an activating group) is 1. The maximum absolute atomic E-state index is 12.8. The van der Waals surface area contributed by atoms with Crippen LogP contribution in [0.1, 0.15) is 45.6 Å². The van der Waals surface area contributed by atoms with Crippen molar-refractivity contribution in [2.45, 2.75) is 39.1 Å². The summed E-state index contributed by atoms with van der Waals surface area (Å²) in [5, 5.41) is 10.1. The Hall–Kier alpha value is -2.62. The van der Waals surface area contributed by atoms with Crippen molar-refractivity contribution in [2.75, 3.05) is 53.4 Å². The molecule has 3 rings (SSSR count). The minimum atomic E-state index is -4.42. The Bertz CT molecular complexity index is 1030. The standard InChI is InChI=1S/C27H36F3N3O3/c1-18-19(2)25(36-17-23(34)16-31(4)5)11-10-24(18)20(3)32-12-14-33(15-13-32)26(35)21-6-8-22(9-7-21)27(28,29)30/h6-11,20,23,34H,12-17H2,1-5H3/t20?,23-/m1/s1. The number of ether oxygens (including phenoxy) is 1. The van der Waals surface area contributed by atoms with Gasteiger partial charge in [0.1, 0.15) is 18.5 Å². The topological polar surface area (TPSA) is 56.3 Å². The van der Waals surface area contributed by atoms with Crippen LogP contribution in [-0.2, 0) is 6.18 Å². The Morgan fingerprint density at radius 1 is 1.03 bits per heavy atom. The van der Waals surface area contributed by atoms with E-state index in [0.717, 1.165) is 29.0 Å². The molecule has 1 heterocycles. The van der Waals surface area contributed by atoms with Crippen molar-refractivity contribution >= 4 is 5.91 Å². The molecular formula is C27H36F3N3O3. The number of aliphatic hydroxyl groups is 1. The third-order valence-corrected chi connectivity index (χ3v) is 6.84. The number of alkyl halides is 3. The fraction of sp³-hybridized carbons (Fsp3) is 0.519. The normalized spacial score (nSPS) is 16.8. The Morgan fingerprint density at radius 2 is 1.64 bits per heavy atom. The monoisotopic (exact) mass is 507 g/mol. The molecule has 0 spiro atoms. The van der Waals surface area contributed by atoms with E-state index in [9.17, 15) is 23.1 Å². The van der Waals surface area contributed by atoms with Crippen molar-refractivity contribution in [2.24, 2.45) is 0 Å². The molecule has 1 aliphatic heterocycles. The highest BCUT2D eigenvalue weighted by Crippen LogP contribution is 2.32. The first kappa shape index (κ1) is 28.0. The van der Waals surface area contributed by atoms with E-state index in [1.165, 1.54) is 17.7 Å². The summed E-state index contributed by atoms with van der Waals surface area (Å²) in [6.45, 7) is 9.32. The van der Waals surface area contributed by atoms with Crippen LogP contribution in [0, 0.1) is 13.8 Å². The van der Waals surface area contributed by atoms with Crippen molar-refractivity contribution in [1.82, 2.24) is 14.7 Å². The first-order valence-corrected chi connectivity index (χ1v) is 12.1. The van der Waals surface area contributed by atoms with E-state index < -0.39 is 17.8 Å². The van der Waals surface area contributed by atoms with Gasteiger partial charge in [-0.3, -0.25) is 9.69 Å². The quantitative estimate of drug-likeness (QED) is 0.582. The number of carbonyl (C=O) groups is 1. The molecule has 0 aromatic heterocycles. The summed E-state index contributed by atoms with van der Waals surface area (Å²) >= 11 is 0. The summed E-state index contributed by atoms with van der Waals surface area (Å²) < 4.78 is 44.3. The molecule has 1 aliphatic rings. The Balaban J connectivity index is 1.59. The van der Waals surface area contributed by atoms with E-state index >= 15 is 0 Å². The Kier molecular flexibility index (Phi) is 9.03. The number of hydrogen-bond donors (Lipinski definition) is 1. The van der Waals surface area contributed by atoms with Gasteiger partial charge < -0.3 is 19.6 Å². The summed E-state index contributed by atoms with van der Waals surface area (Å²) in [6.07, 6.45) is -4.99. The van der Waals surface area contributed by atoms with E-state index in [-0.39, 0.29) is 24.1 Å². The number of amides is 1. The first-order chi connectivity index (χ1) is 16.9. The molecule has 2 atom stereocenters. The van der Waals surface area contributed by atoms with E-state index in [0.29, 0.717) is 32.7 Å². The lowest BCUT2D eigenvalue weighted by Crippen LogP contribution is -2.49. The van der Waals surface area contributed by atoms with Crippen LogP contribution < -0.4 is 4.74 Å². The van der Waals surface area contributed by atoms with Crippen molar-refractivity contribution < 1.29 is 27.8 Å². The highest BCUT2D eigenvalue weighted by atomic mass is 19.4. The smallest absolute Gasteiger partial charge is 0.416 e. The fourth-order valence-corrected chi connectivity index (χ4v) is 4.58. The molecule has 36 heavy (non-hydrogen) atoms. The van der Waals surface area contributed by atoms with Crippen molar-refractivity contribution in [1.29, 1.82) is 0 Å². The molecule has 0 saturated carbocycles. The second-order valence-electron chi connectivity index (χ2n) is 9.71. The lowest BCUT2D eigenvalue weighted by molar-refractivity contribution is -0.137. The van der Waals surface area contributed by atoms with E-state index in [4.69, 9.17) is 4.74 Å². The first-order valence-electron chi connectivity index (χ1n) is 12.1. The van der Waals surface area contributed by atoms with Crippen molar-refractivity contribution in [3.63, 3.8) is 0 Å².